The Bertz CT molecular complexity index is 445. The molecule has 0 unspecified atom stereocenters. The van der Waals surface area contributed by atoms with Crippen molar-refractivity contribution in [1.82, 2.24) is 0 Å². The van der Waals surface area contributed by atoms with Gasteiger partial charge in [0.25, 0.3) is 5.69 Å². The largest absolute Gasteiger partial charge is 0.462 e. The first kappa shape index (κ1) is 12.4. The van der Waals surface area contributed by atoms with Gasteiger partial charge in [-0.25, -0.2) is 4.79 Å². The average molecular weight is 244 g/mol. The molecular weight excluding hydrogens is 234 g/mol. The molecule has 0 atom stereocenters. The van der Waals surface area contributed by atoms with Gasteiger partial charge in [-0.1, -0.05) is 11.6 Å². The number of aryl methyl sites for hydroxylation is 1. The Morgan fingerprint density at radius 2 is 2.19 bits per heavy atom. The van der Waals surface area contributed by atoms with Gasteiger partial charge in [-0.2, -0.15) is 0 Å². The average Bonchev–Trinajstić information content (AvgIpc) is 2.20. The van der Waals surface area contributed by atoms with Gasteiger partial charge in [0.15, 0.2) is 0 Å². The highest BCUT2D eigenvalue weighted by molar-refractivity contribution is 6.33. The van der Waals surface area contributed by atoms with E-state index in [0.717, 1.165) is 0 Å². The van der Waals surface area contributed by atoms with Gasteiger partial charge >= 0.3 is 5.97 Å². The van der Waals surface area contributed by atoms with Crippen LogP contribution in [0.25, 0.3) is 0 Å². The van der Waals surface area contributed by atoms with Gasteiger partial charge in [-0.3, -0.25) is 10.1 Å². The van der Waals surface area contributed by atoms with Crippen LogP contribution in [0.1, 0.15) is 22.8 Å². The van der Waals surface area contributed by atoms with Crippen molar-refractivity contribution in [2.45, 2.75) is 13.8 Å². The Morgan fingerprint density at radius 1 is 1.56 bits per heavy atom. The van der Waals surface area contributed by atoms with E-state index in [2.05, 4.69) is 0 Å². The summed E-state index contributed by atoms with van der Waals surface area (Å²) >= 11 is 5.69. The summed E-state index contributed by atoms with van der Waals surface area (Å²) in [4.78, 5) is 21.4. The molecule has 0 aliphatic carbocycles. The van der Waals surface area contributed by atoms with Crippen LogP contribution in [-0.2, 0) is 4.74 Å². The van der Waals surface area contributed by atoms with E-state index in [1.54, 1.807) is 13.8 Å². The first-order chi connectivity index (χ1) is 7.47. The Hall–Kier alpha value is -1.62. The van der Waals surface area contributed by atoms with E-state index < -0.39 is 10.9 Å². The second kappa shape index (κ2) is 4.94. The lowest BCUT2D eigenvalue weighted by Crippen LogP contribution is -2.07. The van der Waals surface area contributed by atoms with Gasteiger partial charge in [0.2, 0.25) is 0 Å². The molecular formula is C10H10ClNO4. The summed E-state index contributed by atoms with van der Waals surface area (Å²) in [6.45, 7) is 3.52. The van der Waals surface area contributed by atoms with Crippen LogP contribution in [0, 0.1) is 17.0 Å². The lowest BCUT2D eigenvalue weighted by atomic mass is 10.1. The summed E-state index contributed by atoms with van der Waals surface area (Å²) in [5.41, 5.74) is 0.499. The number of ether oxygens (including phenoxy) is 1. The number of carbonyl (C=O) groups is 1. The van der Waals surface area contributed by atoms with Crippen molar-refractivity contribution < 1.29 is 14.5 Å². The Kier molecular flexibility index (Phi) is 3.84. The molecule has 0 radical (unpaired) electrons. The van der Waals surface area contributed by atoms with Crippen LogP contribution in [0.4, 0.5) is 5.69 Å². The summed E-state index contributed by atoms with van der Waals surface area (Å²) in [7, 11) is 0. The van der Waals surface area contributed by atoms with Gasteiger partial charge in [-0.15, -0.1) is 0 Å². The van der Waals surface area contributed by atoms with Crippen LogP contribution in [0.15, 0.2) is 12.1 Å². The normalized spacial score (nSPS) is 9.94. The predicted molar refractivity (Wildman–Crippen MR) is 58.8 cm³/mol. The summed E-state index contributed by atoms with van der Waals surface area (Å²) in [6, 6.07) is 2.52. The molecule has 86 valence electrons. The van der Waals surface area contributed by atoms with Crippen LogP contribution in [-0.4, -0.2) is 17.5 Å². The molecule has 0 bridgehead atoms. The molecule has 0 heterocycles. The number of benzene rings is 1. The predicted octanol–water partition coefficient (Wildman–Crippen LogP) is 2.73. The number of nitro benzene ring substituents is 1. The van der Waals surface area contributed by atoms with Crippen molar-refractivity contribution in [2.24, 2.45) is 0 Å². The Balaban J connectivity index is 3.20. The van der Waals surface area contributed by atoms with E-state index in [1.807, 2.05) is 0 Å². The van der Waals surface area contributed by atoms with Crippen molar-refractivity contribution in [3.63, 3.8) is 0 Å². The monoisotopic (exact) mass is 243 g/mol. The Morgan fingerprint density at radius 3 is 2.69 bits per heavy atom. The second-order valence-corrected chi connectivity index (χ2v) is 3.50. The van der Waals surface area contributed by atoms with Gasteiger partial charge < -0.3 is 4.74 Å². The zero-order chi connectivity index (χ0) is 12.3. The number of halogens is 1. The maximum absolute atomic E-state index is 11.4. The second-order valence-electron chi connectivity index (χ2n) is 3.10. The molecule has 0 fully saturated rings. The van der Waals surface area contributed by atoms with E-state index in [0.29, 0.717) is 5.56 Å². The minimum Gasteiger partial charge on any atom is -0.462 e. The number of esters is 1. The van der Waals surface area contributed by atoms with Gasteiger partial charge in [0.1, 0.15) is 5.02 Å². The summed E-state index contributed by atoms with van der Waals surface area (Å²) in [5.74, 6) is -0.531. The minimum absolute atomic E-state index is 0.0707. The number of nitro groups is 1. The van der Waals surface area contributed by atoms with E-state index in [-0.39, 0.29) is 22.9 Å². The maximum atomic E-state index is 11.4. The fourth-order valence-electron chi connectivity index (χ4n) is 1.23. The van der Waals surface area contributed by atoms with Crippen molar-refractivity contribution in [2.75, 3.05) is 6.61 Å². The van der Waals surface area contributed by atoms with E-state index in [9.17, 15) is 14.9 Å². The van der Waals surface area contributed by atoms with Crippen molar-refractivity contribution in [1.29, 1.82) is 0 Å². The first-order valence-electron chi connectivity index (χ1n) is 4.59. The molecule has 0 spiro atoms. The minimum atomic E-state index is -0.593. The molecule has 1 aromatic carbocycles. The van der Waals surface area contributed by atoms with Crippen LogP contribution in [0.5, 0.6) is 0 Å². The maximum Gasteiger partial charge on any atom is 0.338 e. The topological polar surface area (TPSA) is 69.4 Å². The third-order valence-electron chi connectivity index (χ3n) is 1.99. The number of rotatable bonds is 3. The fourth-order valence-corrected chi connectivity index (χ4v) is 1.47. The number of hydrogen-bond acceptors (Lipinski definition) is 4. The van der Waals surface area contributed by atoms with Crippen molar-refractivity contribution in [3.8, 4) is 0 Å². The van der Waals surface area contributed by atoms with E-state index in [4.69, 9.17) is 16.3 Å². The van der Waals surface area contributed by atoms with E-state index in [1.165, 1.54) is 12.1 Å². The molecule has 1 rings (SSSR count). The van der Waals surface area contributed by atoms with Gasteiger partial charge in [0.05, 0.1) is 17.1 Å². The molecule has 16 heavy (non-hydrogen) atoms. The molecule has 0 amide bonds. The number of hydrogen-bond donors (Lipinski definition) is 0. The quantitative estimate of drug-likeness (QED) is 0.465. The highest BCUT2D eigenvalue weighted by Gasteiger charge is 2.18. The standard InChI is InChI=1S/C10H10ClNO4/c1-3-16-10(13)7-5-8(11)9(12(14)15)4-6(7)2/h4-5H,3H2,1-2H3. The van der Waals surface area contributed by atoms with Gasteiger partial charge in [-0.05, 0) is 25.5 Å². The number of carbonyl (C=O) groups excluding carboxylic acids is 1. The summed E-state index contributed by atoms with van der Waals surface area (Å²) in [6.07, 6.45) is 0. The molecule has 0 saturated heterocycles. The first-order valence-corrected chi connectivity index (χ1v) is 4.96. The molecule has 1 aromatic rings. The van der Waals surface area contributed by atoms with Gasteiger partial charge in [0, 0.05) is 6.07 Å². The zero-order valence-electron chi connectivity index (χ0n) is 8.82. The fraction of sp³-hybridized carbons (Fsp3) is 0.300. The lowest BCUT2D eigenvalue weighted by Gasteiger charge is -2.06. The summed E-state index contributed by atoms with van der Waals surface area (Å²) < 4.78 is 4.80. The smallest absolute Gasteiger partial charge is 0.338 e. The molecule has 0 aromatic heterocycles. The van der Waals surface area contributed by atoms with Crippen LogP contribution < -0.4 is 0 Å². The zero-order valence-corrected chi connectivity index (χ0v) is 9.58. The molecule has 0 saturated carbocycles. The third kappa shape index (κ3) is 2.49. The highest BCUT2D eigenvalue weighted by atomic mass is 35.5. The summed E-state index contributed by atoms with van der Waals surface area (Å²) in [5, 5.41) is 10.5. The molecule has 0 aliphatic heterocycles. The SMILES string of the molecule is CCOC(=O)c1cc(Cl)c([N+](=O)[O-])cc1C. The van der Waals surface area contributed by atoms with Crippen molar-refractivity contribution >= 4 is 23.3 Å². The third-order valence-corrected chi connectivity index (χ3v) is 2.29. The molecule has 0 N–H and O–H groups in total. The van der Waals surface area contributed by atoms with Crippen LogP contribution in [0.2, 0.25) is 5.02 Å². The lowest BCUT2D eigenvalue weighted by molar-refractivity contribution is -0.384. The molecule has 6 heteroatoms. The Labute approximate surface area is 97.1 Å². The molecule has 5 nitrogen and oxygen atoms in total. The number of nitrogens with zero attached hydrogens (tertiary/aromatic N) is 1. The van der Waals surface area contributed by atoms with E-state index >= 15 is 0 Å². The van der Waals surface area contributed by atoms with Crippen molar-refractivity contribution in [3.05, 3.63) is 38.4 Å². The van der Waals surface area contributed by atoms with Crippen LogP contribution >= 0.6 is 11.6 Å². The van der Waals surface area contributed by atoms with Crippen LogP contribution in [0.3, 0.4) is 0 Å². The highest BCUT2D eigenvalue weighted by Crippen LogP contribution is 2.28. The molecule has 0 aliphatic rings.